The fourth-order valence-electron chi connectivity index (χ4n) is 1.19. The molecular weight excluding hydrogens is 148 g/mol. The molecule has 0 heterocycles. The summed E-state index contributed by atoms with van der Waals surface area (Å²) in [5, 5.41) is 8.87. The van der Waals surface area contributed by atoms with Gasteiger partial charge in [-0.2, -0.15) is 5.26 Å². The van der Waals surface area contributed by atoms with E-state index >= 15 is 0 Å². The van der Waals surface area contributed by atoms with E-state index < -0.39 is 5.41 Å². The van der Waals surface area contributed by atoms with Gasteiger partial charge in [-0.1, -0.05) is 6.08 Å². The molecule has 2 N–H and O–H groups in total. The monoisotopic (exact) mass is 160 g/mol. The molecule has 0 aromatic heterocycles. The highest BCUT2D eigenvalue weighted by Crippen LogP contribution is 2.28. The second kappa shape index (κ2) is 2.98. The zero-order valence-corrected chi connectivity index (χ0v) is 7.33. The van der Waals surface area contributed by atoms with Gasteiger partial charge < -0.3 is 5.73 Å². The van der Waals surface area contributed by atoms with E-state index in [-0.39, 0.29) is 6.04 Å². The molecule has 62 valence electrons. The summed E-state index contributed by atoms with van der Waals surface area (Å²) in [4.78, 5) is 0. The van der Waals surface area contributed by atoms with Crippen LogP contribution in [0.15, 0.2) is 29.5 Å². The van der Waals surface area contributed by atoms with Gasteiger partial charge in [-0.25, -0.2) is 0 Å². The van der Waals surface area contributed by atoms with Crippen molar-refractivity contribution in [3.8, 4) is 6.07 Å². The summed E-state index contributed by atoms with van der Waals surface area (Å²) in [6.45, 7) is 3.73. The minimum atomic E-state index is -0.478. The Kier molecular flexibility index (Phi) is 2.19. The van der Waals surface area contributed by atoms with Gasteiger partial charge in [0.25, 0.3) is 0 Å². The van der Waals surface area contributed by atoms with E-state index in [1.165, 1.54) is 0 Å². The fourth-order valence-corrected chi connectivity index (χ4v) is 1.19. The van der Waals surface area contributed by atoms with E-state index in [0.717, 1.165) is 5.57 Å². The lowest BCUT2D eigenvalue weighted by atomic mass is 9.80. The van der Waals surface area contributed by atoms with Crippen LogP contribution in [0.4, 0.5) is 0 Å². The van der Waals surface area contributed by atoms with Crippen LogP contribution in [0.25, 0.3) is 0 Å². The molecule has 0 aromatic rings. The summed E-state index contributed by atoms with van der Waals surface area (Å²) in [5.41, 5.74) is 9.15. The van der Waals surface area contributed by atoms with Gasteiger partial charge in [0.15, 0.2) is 0 Å². The van der Waals surface area contributed by atoms with Crippen molar-refractivity contribution in [2.45, 2.75) is 19.9 Å². The highest BCUT2D eigenvalue weighted by molar-refractivity contribution is 5.35. The summed E-state index contributed by atoms with van der Waals surface area (Å²) in [5.74, 6) is 0. The number of nitrogens with two attached hydrogens (primary N) is 1. The van der Waals surface area contributed by atoms with Gasteiger partial charge in [0.05, 0.1) is 17.5 Å². The van der Waals surface area contributed by atoms with Crippen LogP contribution in [0.2, 0.25) is 0 Å². The third-order valence-corrected chi connectivity index (χ3v) is 2.00. The van der Waals surface area contributed by atoms with Crippen LogP contribution in [-0.2, 0) is 0 Å². The molecule has 0 radical (unpaired) electrons. The van der Waals surface area contributed by atoms with Crippen molar-refractivity contribution >= 4 is 0 Å². The molecule has 12 heavy (non-hydrogen) atoms. The van der Waals surface area contributed by atoms with Gasteiger partial charge in [-0.05, 0) is 31.6 Å². The lowest BCUT2D eigenvalue weighted by Crippen LogP contribution is -2.29. The second-order valence-electron chi connectivity index (χ2n) is 3.38. The average Bonchev–Trinajstić information content (AvgIpc) is 2.05. The maximum absolute atomic E-state index is 8.87. The van der Waals surface area contributed by atoms with Crippen LogP contribution >= 0.6 is 0 Å². The zero-order chi connectivity index (χ0) is 9.19. The Morgan fingerprint density at radius 3 is 2.83 bits per heavy atom. The molecule has 1 unspecified atom stereocenters. The third-order valence-electron chi connectivity index (χ3n) is 2.00. The molecule has 2 nitrogen and oxygen atoms in total. The third kappa shape index (κ3) is 1.48. The van der Waals surface area contributed by atoms with Crippen molar-refractivity contribution < 1.29 is 0 Å². The molecule has 0 saturated carbocycles. The van der Waals surface area contributed by atoms with Crippen molar-refractivity contribution in [3.63, 3.8) is 0 Å². The first-order valence-corrected chi connectivity index (χ1v) is 3.88. The van der Waals surface area contributed by atoms with E-state index in [1.807, 2.05) is 19.9 Å². The van der Waals surface area contributed by atoms with Gasteiger partial charge in [0.2, 0.25) is 0 Å². The lowest BCUT2D eigenvalue weighted by Gasteiger charge is -2.24. The van der Waals surface area contributed by atoms with Crippen molar-refractivity contribution in [2.75, 3.05) is 0 Å². The summed E-state index contributed by atoms with van der Waals surface area (Å²) in [6, 6.07) is 2.06. The molecule has 0 amide bonds. The van der Waals surface area contributed by atoms with Crippen molar-refractivity contribution in [2.24, 2.45) is 11.1 Å². The average molecular weight is 160 g/mol. The molecule has 0 spiro atoms. The van der Waals surface area contributed by atoms with E-state index in [2.05, 4.69) is 11.8 Å². The first-order chi connectivity index (χ1) is 5.58. The molecular formula is C10H12N2. The van der Waals surface area contributed by atoms with E-state index in [0.29, 0.717) is 0 Å². The zero-order valence-electron chi connectivity index (χ0n) is 7.33. The molecule has 0 fully saturated rings. The van der Waals surface area contributed by atoms with E-state index in [4.69, 9.17) is 11.0 Å². The summed E-state index contributed by atoms with van der Waals surface area (Å²) < 4.78 is 0. The SMILES string of the molecule is CC(C)(C#N)C1=CC=C=CC1N. The quantitative estimate of drug-likeness (QED) is 0.591. The van der Waals surface area contributed by atoms with Gasteiger partial charge in [-0.3, -0.25) is 0 Å². The number of hydrogen-bond donors (Lipinski definition) is 1. The molecule has 0 saturated heterocycles. The summed E-state index contributed by atoms with van der Waals surface area (Å²) in [7, 11) is 0. The molecule has 0 aromatic carbocycles. The minimum absolute atomic E-state index is 0.162. The highest BCUT2D eigenvalue weighted by atomic mass is 14.6. The number of nitrogens with zero attached hydrogens (tertiary/aromatic N) is 1. The topological polar surface area (TPSA) is 49.8 Å². The molecule has 0 aliphatic heterocycles. The van der Waals surface area contributed by atoms with Crippen LogP contribution in [0.1, 0.15) is 13.8 Å². The Bertz CT molecular complexity index is 309. The highest BCUT2D eigenvalue weighted by Gasteiger charge is 2.26. The fraction of sp³-hybridized carbons (Fsp3) is 0.400. The van der Waals surface area contributed by atoms with E-state index in [9.17, 15) is 0 Å². The van der Waals surface area contributed by atoms with Gasteiger partial charge in [-0.15, -0.1) is 5.73 Å². The smallest absolute Gasteiger partial charge is 0.0748 e. The summed E-state index contributed by atoms with van der Waals surface area (Å²) >= 11 is 0. The predicted molar refractivity (Wildman–Crippen MR) is 48.1 cm³/mol. The number of allylic oxidation sites excluding steroid dienone is 1. The number of rotatable bonds is 1. The van der Waals surface area contributed by atoms with E-state index in [1.54, 1.807) is 12.2 Å². The Morgan fingerprint density at radius 2 is 2.33 bits per heavy atom. The maximum atomic E-state index is 8.87. The van der Waals surface area contributed by atoms with Gasteiger partial charge in [0.1, 0.15) is 0 Å². The number of nitriles is 1. The van der Waals surface area contributed by atoms with Crippen molar-refractivity contribution in [1.82, 2.24) is 0 Å². The molecule has 1 atom stereocenters. The predicted octanol–water partition coefficient (Wildman–Crippen LogP) is 1.51. The van der Waals surface area contributed by atoms with Crippen LogP contribution in [-0.4, -0.2) is 6.04 Å². The van der Waals surface area contributed by atoms with Gasteiger partial charge >= 0.3 is 0 Å². The number of hydrogen-bond acceptors (Lipinski definition) is 2. The van der Waals surface area contributed by atoms with Gasteiger partial charge in [0, 0.05) is 0 Å². The van der Waals surface area contributed by atoms with Crippen LogP contribution < -0.4 is 5.73 Å². The molecule has 1 rings (SSSR count). The van der Waals surface area contributed by atoms with Crippen molar-refractivity contribution in [3.05, 3.63) is 29.5 Å². The Balaban J connectivity index is 3.01. The Hall–Kier alpha value is -1.29. The maximum Gasteiger partial charge on any atom is 0.0748 e. The molecule has 1 aliphatic carbocycles. The second-order valence-corrected chi connectivity index (χ2v) is 3.38. The summed E-state index contributed by atoms with van der Waals surface area (Å²) in [6.07, 6.45) is 5.43. The molecule has 1 aliphatic rings. The Morgan fingerprint density at radius 1 is 1.67 bits per heavy atom. The standard InChI is InChI=1S/C10H12N2/c1-10(2,7-11)8-5-3-4-6-9(8)12/h3,5-6,9H,12H2,1-2H3. The minimum Gasteiger partial charge on any atom is -0.320 e. The van der Waals surface area contributed by atoms with Crippen LogP contribution in [0, 0.1) is 16.7 Å². The molecule has 0 bridgehead atoms. The first kappa shape index (κ1) is 8.80. The first-order valence-electron chi connectivity index (χ1n) is 3.88. The largest absolute Gasteiger partial charge is 0.320 e. The Labute approximate surface area is 72.7 Å². The van der Waals surface area contributed by atoms with Crippen molar-refractivity contribution in [1.29, 1.82) is 5.26 Å². The van der Waals surface area contributed by atoms with Crippen LogP contribution in [0.5, 0.6) is 0 Å². The van der Waals surface area contributed by atoms with Crippen LogP contribution in [0.3, 0.4) is 0 Å². The normalized spacial score (nSPS) is 21.8. The molecule has 2 heteroatoms. The lowest BCUT2D eigenvalue weighted by molar-refractivity contribution is 0.560.